The van der Waals surface area contributed by atoms with Crippen LogP contribution in [0, 0.1) is 0 Å². The maximum absolute atomic E-state index is 12.4. The normalized spacial score (nSPS) is 10.0. The van der Waals surface area contributed by atoms with Gasteiger partial charge in [-0.1, -0.05) is 6.07 Å². The number of carbonyl (C=O) groups is 2. The second-order valence-corrected chi connectivity index (χ2v) is 5.02. The van der Waals surface area contributed by atoms with Crippen LogP contribution in [0.2, 0.25) is 0 Å². The molecule has 0 saturated carbocycles. The molecule has 0 spiro atoms. The number of anilines is 2. The number of esters is 1. The Balaban J connectivity index is 2.24. The molecule has 0 aliphatic rings. The van der Waals surface area contributed by atoms with Crippen molar-refractivity contribution in [3.05, 3.63) is 53.7 Å². The molecular formula is C17H19N3O3. The monoisotopic (exact) mass is 313 g/mol. The summed E-state index contributed by atoms with van der Waals surface area (Å²) in [6, 6.07) is 10.4. The largest absolute Gasteiger partial charge is 0.462 e. The SMILES string of the molecule is CCOC(=O)c1cccnc1NC(=O)c1cccc(N(C)C)c1. The Morgan fingerprint density at radius 2 is 2.00 bits per heavy atom. The molecule has 120 valence electrons. The standard InChI is InChI=1S/C17H19N3O3/c1-4-23-17(22)14-9-6-10-18-15(14)19-16(21)12-7-5-8-13(11-12)20(2)3/h5-11H,4H2,1-3H3,(H,18,19,21). The summed E-state index contributed by atoms with van der Waals surface area (Å²) < 4.78 is 4.97. The number of pyridine rings is 1. The first-order valence-electron chi connectivity index (χ1n) is 7.23. The molecule has 0 fully saturated rings. The predicted molar refractivity (Wildman–Crippen MR) is 88.9 cm³/mol. The summed E-state index contributed by atoms with van der Waals surface area (Å²) in [6.07, 6.45) is 1.51. The van der Waals surface area contributed by atoms with Gasteiger partial charge in [0.1, 0.15) is 11.4 Å². The lowest BCUT2D eigenvalue weighted by molar-refractivity contribution is 0.0527. The Morgan fingerprint density at radius 1 is 1.22 bits per heavy atom. The van der Waals surface area contributed by atoms with E-state index in [1.54, 1.807) is 37.3 Å². The molecule has 2 rings (SSSR count). The number of rotatable bonds is 5. The van der Waals surface area contributed by atoms with Crippen LogP contribution in [0.15, 0.2) is 42.6 Å². The number of nitrogens with one attached hydrogen (secondary N) is 1. The van der Waals surface area contributed by atoms with Gasteiger partial charge >= 0.3 is 5.97 Å². The van der Waals surface area contributed by atoms with Crippen LogP contribution in [0.5, 0.6) is 0 Å². The lowest BCUT2D eigenvalue weighted by atomic mass is 10.1. The van der Waals surface area contributed by atoms with Gasteiger partial charge in [-0.25, -0.2) is 9.78 Å². The molecule has 0 atom stereocenters. The van der Waals surface area contributed by atoms with E-state index in [0.29, 0.717) is 5.56 Å². The van der Waals surface area contributed by atoms with Gasteiger partial charge in [-0.3, -0.25) is 4.79 Å². The van der Waals surface area contributed by atoms with Crippen molar-refractivity contribution in [3.8, 4) is 0 Å². The van der Waals surface area contributed by atoms with E-state index < -0.39 is 5.97 Å². The Morgan fingerprint density at radius 3 is 2.70 bits per heavy atom. The molecule has 0 saturated heterocycles. The Labute approximate surface area is 135 Å². The van der Waals surface area contributed by atoms with Crippen LogP contribution < -0.4 is 10.2 Å². The van der Waals surface area contributed by atoms with Crippen LogP contribution in [0.4, 0.5) is 11.5 Å². The number of hydrogen-bond acceptors (Lipinski definition) is 5. The topological polar surface area (TPSA) is 71.5 Å². The highest BCUT2D eigenvalue weighted by molar-refractivity contribution is 6.07. The fourth-order valence-corrected chi connectivity index (χ4v) is 1.98. The van der Waals surface area contributed by atoms with Crippen LogP contribution in [0.25, 0.3) is 0 Å². The van der Waals surface area contributed by atoms with Crippen molar-refractivity contribution in [2.45, 2.75) is 6.92 Å². The molecule has 1 aromatic heterocycles. The molecule has 0 aliphatic carbocycles. The van der Waals surface area contributed by atoms with E-state index in [9.17, 15) is 9.59 Å². The highest BCUT2D eigenvalue weighted by Crippen LogP contribution is 2.17. The lowest BCUT2D eigenvalue weighted by Crippen LogP contribution is -2.18. The minimum absolute atomic E-state index is 0.186. The summed E-state index contributed by atoms with van der Waals surface area (Å²) >= 11 is 0. The second-order valence-electron chi connectivity index (χ2n) is 5.02. The molecular weight excluding hydrogens is 294 g/mol. The number of carbonyl (C=O) groups excluding carboxylic acids is 2. The van der Waals surface area contributed by atoms with E-state index in [-0.39, 0.29) is 23.9 Å². The maximum Gasteiger partial charge on any atom is 0.341 e. The Bertz CT molecular complexity index is 714. The van der Waals surface area contributed by atoms with Gasteiger partial charge < -0.3 is 15.0 Å². The third-order valence-electron chi connectivity index (χ3n) is 3.16. The molecule has 1 N–H and O–H groups in total. The zero-order chi connectivity index (χ0) is 16.8. The zero-order valence-electron chi connectivity index (χ0n) is 13.4. The van der Waals surface area contributed by atoms with Crippen molar-refractivity contribution in [2.75, 3.05) is 30.9 Å². The Hall–Kier alpha value is -2.89. The van der Waals surface area contributed by atoms with Gasteiger partial charge in [0.25, 0.3) is 5.91 Å². The molecule has 0 radical (unpaired) electrons. The molecule has 23 heavy (non-hydrogen) atoms. The number of aromatic nitrogens is 1. The quantitative estimate of drug-likeness (QED) is 0.859. The first kappa shape index (κ1) is 16.5. The molecule has 0 unspecified atom stereocenters. The van der Waals surface area contributed by atoms with E-state index in [4.69, 9.17) is 4.74 Å². The lowest BCUT2D eigenvalue weighted by Gasteiger charge is -2.14. The van der Waals surface area contributed by atoms with Crippen molar-refractivity contribution in [1.29, 1.82) is 0 Å². The van der Waals surface area contributed by atoms with Crippen molar-refractivity contribution >= 4 is 23.4 Å². The van der Waals surface area contributed by atoms with Crippen molar-refractivity contribution in [1.82, 2.24) is 4.98 Å². The van der Waals surface area contributed by atoms with Gasteiger partial charge in [0.05, 0.1) is 6.61 Å². The summed E-state index contributed by atoms with van der Waals surface area (Å²) in [5, 5.41) is 2.66. The van der Waals surface area contributed by atoms with E-state index in [1.807, 2.05) is 25.1 Å². The first-order chi connectivity index (χ1) is 11.0. The second kappa shape index (κ2) is 7.40. The number of ether oxygens (including phenoxy) is 1. The fourth-order valence-electron chi connectivity index (χ4n) is 1.98. The third kappa shape index (κ3) is 4.06. The van der Waals surface area contributed by atoms with Crippen LogP contribution >= 0.6 is 0 Å². The third-order valence-corrected chi connectivity index (χ3v) is 3.16. The number of hydrogen-bond donors (Lipinski definition) is 1. The average Bonchev–Trinajstić information content (AvgIpc) is 2.55. The van der Waals surface area contributed by atoms with Gasteiger partial charge in [0, 0.05) is 31.5 Å². The maximum atomic E-state index is 12.4. The van der Waals surface area contributed by atoms with Crippen LogP contribution in [-0.4, -0.2) is 37.6 Å². The summed E-state index contributed by atoms with van der Waals surface area (Å²) in [5.41, 5.74) is 1.62. The fraction of sp³-hybridized carbons (Fsp3) is 0.235. The van der Waals surface area contributed by atoms with Crippen LogP contribution in [-0.2, 0) is 4.74 Å². The van der Waals surface area contributed by atoms with Gasteiger partial charge in [-0.05, 0) is 37.3 Å². The molecule has 1 amide bonds. The predicted octanol–water partition coefficient (Wildman–Crippen LogP) is 2.58. The zero-order valence-corrected chi connectivity index (χ0v) is 13.4. The first-order valence-corrected chi connectivity index (χ1v) is 7.23. The number of nitrogens with zero attached hydrogens (tertiary/aromatic N) is 2. The minimum atomic E-state index is -0.516. The summed E-state index contributed by atoms with van der Waals surface area (Å²) in [4.78, 5) is 30.3. The summed E-state index contributed by atoms with van der Waals surface area (Å²) in [5.74, 6) is -0.665. The van der Waals surface area contributed by atoms with Gasteiger partial charge in [0.2, 0.25) is 0 Å². The van der Waals surface area contributed by atoms with E-state index >= 15 is 0 Å². The van der Waals surface area contributed by atoms with E-state index in [0.717, 1.165) is 5.69 Å². The molecule has 0 aliphatic heterocycles. The highest BCUT2D eigenvalue weighted by Gasteiger charge is 2.16. The molecule has 1 heterocycles. The summed E-state index contributed by atoms with van der Waals surface area (Å²) in [6.45, 7) is 1.98. The van der Waals surface area contributed by atoms with Gasteiger partial charge in [0.15, 0.2) is 0 Å². The van der Waals surface area contributed by atoms with E-state index in [2.05, 4.69) is 10.3 Å². The van der Waals surface area contributed by atoms with Crippen molar-refractivity contribution in [3.63, 3.8) is 0 Å². The molecule has 1 aromatic carbocycles. The van der Waals surface area contributed by atoms with Crippen LogP contribution in [0.3, 0.4) is 0 Å². The number of benzene rings is 1. The molecule has 6 nitrogen and oxygen atoms in total. The van der Waals surface area contributed by atoms with Crippen molar-refractivity contribution < 1.29 is 14.3 Å². The molecule has 6 heteroatoms. The molecule has 0 bridgehead atoms. The highest BCUT2D eigenvalue weighted by atomic mass is 16.5. The Kier molecular flexibility index (Phi) is 5.30. The average molecular weight is 313 g/mol. The van der Waals surface area contributed by atoms with Gasteiger partial charge in [-0.2, -0.15) is 0 Å². The molecule has 2 aromatic rings. The number of amides is 1. The summed E-state index contributed by atoms with van der Waals surface area (Å²) in [7, 11) is 3.79. The van der Waals surface area contributed by atoms with Crippen LogP contribution in [0.1, 0.15) is 27.6 Å². The van der Waals surface area contributed by atoms with E-state index in [1.165, 1.54) is 6.20 Å². The van der Waals surface area contributed by atoms with Crippen molar-refractivity contribution in [2.24, 2.45) is 0 Å². The van der Waals surface area contributed by atoms with Gasteiger partial charge in [-0.15, -0.1) is 0 Å². The smallest absolute Gasteiger partial charge is 0.341 e. The minimum Gasteiger partial charge on any atom is -0.462 e.